The van der Waals surface area contributed by atoms with Gasteiger partial charge in [-0.1, -0.05) is 86.1 Å². The molecule has 1 saturated carbocycles. The van der Waals surface area contributed by atoms with E-state index in [4.69, 9.17) is 9.84 Å². The average Bonchev–Trinajstić information content (AvgIpc) is 3.38. The lowest BCUT2D eigenvalue weighted by Crippen LogP contribution is -2.34. The maximum Gasteiger partial charge on any atom is 0.340 e. The molecule has 3 aromatic carbocycles. The number of amides is 1. The lowest BCUT2D eigenvalue weighted by molar-refractivity contribution is -0.137. The molecule has 0 radical (unpaired) electrons. The Morgan fingerprint density at radius 3 is 2.49 bits per heavy atom. The Labute approximate surface area is 230 Å². The van der Waals surface area contributed by atoms with E-state index in [1.165, 1.54) is 0 Å². The van der Waals surface area contributed by atoms with E-state index in [0.29, 0.717) is 11.3 Å². The molecule has 1 aliphatic carbocycles. The number of anilines is 1. The Bertz CT molecular complexity index is 1350. The lowest BCUT2D eigenvalue weighted by atomic mass is 9.77. The van der Waals surface area contributed by atoms with E-state index in [0.717, 1.165) is 61.1 Å². The van der Waals surface area contributed by atoms with Crippen molar-refractivity contribution < 1.29 is 14.3 Å². The first-order valence-corrected chi connectivity index (χ1v) is 13.9. The fraction of sp³-hybridized carbons (Fsp3) is 0.303. The first-order valence-electron chi connectivity index (χ1n) is 13.9. The van der Waals surface area contributed by atoms with Crippen molar-refractivity contribution in [2.45, 2.75) is 45.1 Å². The molecule has 6 nitrogen and oxygen atoms in total. The molecule has 200 valence electrons. The van der Waals surface area contributed by atoms with Crippen molar-refractivity contribution in [1.29, 1.82) is 0 Å². The molecule has 1 fully saturated rings. The van der Waals surface area contributed by atoms with Gasteiger partial charge in [0.25, 0.3) is 5.91 Å². The van der Waals surface area contributed by atoms with Gasteiger partial charge in [-0.3, -0.25) is 4.79 Å². The van der Waals surface area contributed by atoms with Gasteiger partial charge in [-0.05, 0) is 60.6 Å². The highest BCUT2D eigenvalue weighted by Crippen LogP contribution is 2.44. The molecule has 1 amide bonds. The molecular formula is C33H35N3O3. The summed E-state index contributed by atoms with van der Waals surface area (Å²) >= 11 is 0. The number of benzene rings is 3. The Balaban J connectivity index is 1.37. The maximum absolute atomic E-state index is 13.6. The smallest absolute Gasteiger partial charge is 0.340 e. The Hall–Kier alpha value is -4.19. The number of hydrogen-bond donors (Lipinski definition) is 1. The number of carbonyl (C=O) groups excluding carboxylic acids is 2. The van der Waals surface area contributed by atoms with Crippen LogP contribution in [0.3, 0.4) is 0 Å². The summed E-state index contributed by atoms with van der Waals surface area (Å²) in [5.41, 5.74) is 5.43. The average molecular weight is 522 g/mol. The van der Waals surface area contributed by atoms with Gasteiger partial charge in [0.2, 0.25) is 0 Å². The standard InChI is InChI=1S/C33H35N3O3/c1-2-3-21-34-29-20-11-10-18-27(29)33(38)39-23-30(37)36-32(25-15-8-5-9-16-25)28-19-12-17-26(31(28)35-36)22-24-13-6-4-7-14-24/h4-11,13-16,18,20,22,28,32,34H,2-3,12,17,19,21,23H2,1H3/b26-22-/t28-,32-/m1/s1. The van der Waals surface area contributed by atoms with Crippen LogP contribution in [-0.4, -0.2) is 35.7 Å². The van der Waals surface area contributed by atoms with Crippen LogP contribution in [0, 0.1) is 5.92 Å². The van der Waals surface area contributed by atoms with Crippen molar-refractivity contribution in [1.82, 2.24) is 5.01 Å². The highest BCUT2D eigenvalue weighted by atomic mass is 16.5. The highest BCUT2D eigenvalue weighted by molar-refractivity contribution is 6.08. The number of hydrazone groups is 1. The molecule has 0 bridgehead atoms. The molecule has 1 N–H and O–H groups in total. The van der Waals surface area contributed by atoms with E-state index < -0.39 is 5.97 Å². The number of para-hydroxylation sites is 1. The van der Waals surface area contributed by atoms with Crippen LogP contribution < -0.4 is 5.32 Å². The van der Waals surface area contributed by atoms with Crippen LogP contribution in [0.4, 0.5) is 5.69 Å². The van der Waals surface area contributed by atoms with Crippen LogP contribution in [0.5, 0.6) is 0 Å². The number of rotatable bonds is 9. The molecule has 6 heteroatoms. The molecular weight excluding hydrogens is 486 g/mol. The first kappa shape index (κ1) is 26.4. The van der Waals surface area contributed by atoms with Gasteiger partial charge < -0.3 is 10.1 Å². The summed E-state index contributed by atoms with van der Waals surface area (Å²) in [6.07, 6.45) is 7.14. The van der Waals surface area contributed by atoms with Gasteiger partial charge >= 0.3 is 5.97 Å². The first-order chi connectivity index (χ1) is 19.2. The Morgan fingerprint density at radius 1 is 1.00 bits per heavy atom. The second-order valence-electron chi connectivity index (χ2n) is 10.1. The zero-order chi connectivity index (χ0) is 27.0. The Morgan fingerprint density at radius 2 is 1.72 bits per heavy atom. The predicted molar refractivity (Wildman–Crippen MR) is 155 cm³/mol. The number of nitrogens with zero attached hydrogens (tertiary/aromatic N) is 2. The summed E-state index contributed by atoms with van der Waals surface area (Å²) in [7, 11) is 0. The molecule has 1 aliphatic heterocycles. The fourth-order valence-corrected chi connectivity index (χ4v) is 5.43. The lowest BCUT2D eigenvalue weighted by Gasteiger charge is -2.29. The van der Waals surface area contributed by atoms with E-state index in [9.17, 15) is 9.59 Å². The minimum atomic E-state index is -0.520. The van der Waals surface area contributed by atoms with Gasteiger partial charge in [0.1, 0.15) is 0 Å². The van der Waals surface area contributed by atoms with Gasteiger partial charge in [-0.2, -0.15) is 5.10 Å². The van der Waals surface area contributed by atoms with Crippen LogP contribution in [-0.2, 0) is 9.53 Å². The van der Waals surface area contributed by atoms with Crippen LogP contribution in [0.1, 0.15) is 66.6 Å². The molecule has 0 spiro atoms. The summed E-state index contributed by atoms with van der Waals surface area (Å²) < 4.78 is 5.56. The SMILES string of the molecule is CCCCNc1ccccc1C(=O)OCC(=O)N1N=C2/C(=C\c3ccccc3)CCC[C@H]2[C@H]1c1ccccc1. The van der Waals surface area contributed by atoms with Crippen molar-refractivity contribution in [2.24, 2.45) is 11.0 Å². The highest BCUT2D eigenvalue weighted by Gasteiger charge is 2.43. The van der Waals surface area contributed by atoms with Crippen LogP contribution in [0.25, 0.3) is 6.08 Å². The molecule has 1 heterocycles. The number of allylic oxidation sites excluding steroid dienone is 1. The minimum absolute atomic E-state index is 0.0965. The summed E-state index contributed by atoms with van der Waals surface area (Å²) in [6, 6.07) is 27.3. The second kappa shape index (κ2) is 12.6. The van der Waals surface area contributed by atoms with Crippen LogP contribution in [0.15, 0.2) is 95.6 Å². The molecule has 0 aromatic heterocycles. The van der Waals surface area contributed by atoms with E-state index in [1.54, 1.807) is 17.1 Å². The van der Waals surface area contributed by atoms with Crippen LogP contribution >= 0.6 is 0 Å². The van der Waals surface area contributed by atoms with E-state index >= 15 is 0 Å². The molecule has 39 heavy (non-hydrogen) atoms. The number of unbranched alkanes of at least 4 members (excludes halogenated alkanes) is 1. The predicted octanol–water partition coefficient (Wildman–Crippen LogP) is 6.88. The third-order valence-electron chi connectivity index (χ3n) is 7.36. The third-order valence-corrected chi connectivity index (χ3v) is 7.36. The maximum atomic E-state index is 13.6. The Kier molecular flexibility index (Phi) is 8.51. The van der Waals surface area contributed by atoms with Gasteiger partial charge in [0, 0.05) is 18.2 Å². The molecule has 3 aromatic rings. The van der Waals surface area contributed by atoms with Crippen LogP contribution in [0.2, 0.25) is 0 Å². The fourth-order valence-electron chi connectivity index (χ4n) is 5.43. The zero-order valence-electron chi connectivity index (χ0n) is 22.4. The summed E-state index contributed by atoms with van der Waals surface area (Å²) in [5, 5.41) is 9.75. The monoisotopic (exact) mass is 521 g/mol. The zero-order valence-corrected chi connectivity index (χ0v) is 22.4. The summed E-state index contributed by atoms with van der Waals surface area (Å²) in [5.74, 6) is -0.748. The van der Waals surface area contributed by atoms with Crippen molar-refractivity contribution >= 4 is 29.4 Å². The topological polar surface area (TPSA) is 71.0 Å². The number of fused-ring (bicyclic) bond motifs is 1. The van der Waals surface area contributed by atoms with Gasteiger partial charge in [-0.25, -0.2) is 9.80 Å². The van der Waals surface area contributed by atoms with Gasteiger partial charge in [0.05, 0.1) is 17.3 Å². The minimum Gasteiger partial charge on any atom is -0.452 e. The molecule has 2 aliphatic rings. The third kappa shape index (κ3) is 6.11. The largest absolute Gasteiger partial charge is 0.452 e. The van der Waals surface area contributed by atoms with E-state index in [2.05, 4.69) is 30.4 Å². The number of ether oxygens (including phenoxy) is 1. The number of carbonyl (C=O) groups is 2. The van der Waals surface area contributed by atoms with E-state index in [-0.39, 0.29) is 24.5 Å². The normalized spacial score (nSPS) is 19.4. The number of nitrogens with one attached hydrogen (secondary N) is 1. The summed E-state index contributed by atoms with van der Waals surface area (Å²) in [6.45, 7) is 2.52. The molecule has 5 rings (SSSR count). The van der Waals surface area contributed by atoms with Crippen molar-refractivity contribution in [2.75, 3.05) is 18.5 Å². The van der Waals surface area contributed by atoms with E-state index in [1.807, 2.05) is 60.7 Å². The van der Waals surface area contributed by atoms with Crippen molar-refractivity contribution in [3.8, 4) is 0 Å². The molecule has 2 atom stereocenters. The van der Waals surface area contributed by atoms with Crippen molar-refractivity contribution in [3.05, 3.63) is 107 Å². The second-order valence-corrected chi connectivity index (χ2v) is 10.1. The number of hydrogen-bond acceptors (Lipinski definition) is 5. The molecule has 0 saturated heterocycles. The van der Waals surface area contributed by atoms with Gasteiger partial charge in [0.15, 0.2) is 6.61 Å². The van der Waals surface area contributed by atoms with Gasteiger partial charge in [-0.15, -0.1) is 0 Å². The number of esters is 1. The van der Waals surface area contributed by atoms with Crippen molar-refractivity contribution in [3.63, 3.8) is 0 Å². The summed E-state index contributed by atoms with van der Waals surface area (Å²) in [4.78, 5) is 26.6. The quantitative estimate of drug-likeness (QED) is 0.246. The molecule has 0 unspecified atom stereocenters.